The Hall–Kier alpha value is -2.62. The van der Waals surface area contributed by atoms with Crippen molar-refractivity contribution in [3.63, 3.8) is 0 Å². The zero-order valence-electron chi connectivity index (χ0n) is 17.7. The maximum absolute atomic E-state index is 13.4. The normalized spacial score (nSPS) is 21.3. The number of nitrogens with zero attached hydrogens (tertiary/aromatic N) is 1. The van der Waals surface area contributed by atoms with Crippen LogP contribution in [-0.4, -0.2) is 43.7 Å². The molecule has 2 aliphatic heterocycles. The molecule has 1 saturated heterocycles. The highest BCUT2D eigenvalue weighted by molar-refractivity contribution is 7.89. The Morgan fingerprint density at radius 2 is 1.97 bits per heavy atom. The molecule has 1 fully saturated rings. The molecule has 2 aromatic carbocycles. The van der Waals surface area contributed by atoms with E-state index in [0.717, 1.165) is 0 Å². The van der Waals surface area contributed by atoms with E-state index < -0.39 is 22.0 Å². The molecular weight excluding hydrogens is 454 g/mol. The van der Waals surface area contributed by atoms with Crippen LogP contribution >= 0.6 is 11.6 Å². The van der Waals surface area contributed by atoms with E-state index in [1.165, 1.54) is 10.4 Å². The number of anilines is 2. The molecule has 2 amide bonds. The van der Waals surface area contributed by atoms with Crippen LogP contribution in [0.15, 0.2) is 41.3 Å². The van der Waals surface area contributed by atoms with Gasteiger partial charge < -0.3 is 15.4 Å². The maximum atomic E-state index is 13.4. The first-order valence-electron chi connectivity index (χ1n) is 10.3. The fourth-order valence-electron chi connectivity index (χ4n) is 3.91. The van der Waals surface area contributed by atoms with Crippen molar-refractivity contribution in [3.8, 4) is 5.75 Å². The van der Waals surface area contributed by atoms with Crippen molar-refractivity contribution in [2.45, 2.75) is 37.7 Å². The molecule has 8 nitrogen and oxygen atoms in total. The summed E-state index contributed by atoms with van der Waals surface area (Å²) in [6.07, 6.45) is 0.462. The molecule has 0 spiro atoms. The number of fused-ring (bicyclic) bond motifs is 1. The second kappa shape index (κ2) is 8.73. The Balaban J connectivity index is 1.54. The van der Waals surface area contributed by atoms with Crippen LogP contribution < -0.4 is 15.4 Å². The number of amides is 2. The van der Waals surface area contributed by atoms with Crippen molar-refractivity contribution >= 4 is 44.8 Å². The Morgan fingerprint density at radius 3 is 2.69 bits per heavy atom. The van der Waals surface area contributed by atoms with Gasteiger partial charge in [-0.25, -0.2) is 8.42 Å². The number of halogens is 1. The summed E-state index contributed by atoms with van der Waals surface area (Å²) in [7, 11) is -3.86. The SMILES string of the molecule is Cc1cc2c(cc1S(=O)(=O)N1CCC[C@@H](C(=O)Nc3ccc(Cl)cc3)C1)O[C@@H](C)C(=O)N2. The number of nitrogens with one attached hydrogen (secondary N) is 2. The number of piperidine rings is 1. The van der Waals surface area contributed by atoms with Crippen molar-refractivity contribution in [3.05, 3.63) is 47.0 Å². The number of benzene rings is 2. The van der Waals surface area contributed by atoms with Gasteiger partial charge >= 0.3 is 0 Å². The molecule has 0 unspecified atom stereocenters. The Bertz CT molecular complexity index is 1170. The van der Waals surface area contributed by atoms with Crippen LogP contribution in [0.1, 0.15) is 25.3 Å². The molecule has 32 heavy (non-hydrogen) atoms. The summed E-state index contributed by atoms with van der Waals surface area (Å²) < 4.78 is 33.8. The Morgan fingerprint density at radius 1 is 1.25 bits per heavy atom. The van der Waals surface area contributed by atoms with Crippen LogP contribution in [-0.2, 0) is 19.6 Å². The average Bonchev–Trinajstić information content (AvgIpc) is 2.76. The molecule has 2 heterocycles. The Labute approximate surface area is 191 Å². The first-order chi connectivity index (χ1) is 15.1. The van der Waals surface area contributed by atoms with E-state index in [1.54, 1.807) is 44.2 Å². The molecule has 0 aromatic heterocycles. The van der Waals surface area contributed by atoms with E-state index in [-0.39, 0.29) is 23.3 Å². The summed E-state index contributed by atoms with van der Waals surface area (Å²) in [6.45, 7) is 3.69. The summed E-state index contributed by atoms with van der Waals surface area (Å²) in [5, 5.41) is 6.12. The highest BCUT2D eigenvalue weighted by Gasteiger charge is 2.35. The number of hydrogen-bond acceptors (Lipinski definition) is 5. The largest absolute Gasteiger partial charge is 0.479 e. The van der Waals surface area contributed by atoms with Crippen molar-refractivity contribution in [1.29, 1.82) is 0 Å². The van der Waals surface area contributed by atoms with E-state index in [0.29, 0.717) is 47.1 Å². The topological polar surface area (TPSA) is 105 Å². The number of ether oxygens (including phenoxy) is 1. The van der Waals surface area contributed by atoms with Gasteiger partial charge in [-0.3, -0.25) is 9.59 Å². The molecule has 0 saturated carbocycles. The average molecular weight is 478 g/mol. The summed E-state index contributed by atoms with van der Waals surface area (Å²) in [5.41, 5.74) is 1.55. The van der Waals surface area contributed by atoms with E-state index in [9.17, 15) is 18.0 Å². The van der Waals surface area contributed by atoms with E-state index in [2.05, 4.69) is 10.6 Å². The lowest BCUT2D eigenvalue weighted by Gasteiger charge is -2.32. The second-order valence-electron chi connectivity index (χ2n) is 8.06. The zero-order chi connectivity index (χ0) is 23.0. The van der Waals surface area contributed by atoms with Gasteiger partial charge in [0.15, 0.2) is 6.10 Å². The minimum Gasteiger partial charge on any atom is -0.479 e. The molecule has 0 bridgehead atoms. The fourth-order valence-corrected chi connectivity index (χ4v) is 5.78. The van der Waals surface area contributed by atoms with E-state index in [1.807, 2.05) is 0 Å². The van der Waals surface area contributed by atoms with Crippen molar-refractivity contribution in [2.24, 2.45) is 5.92 Å². The van der Waals surface area contributed by atoms with Crippen molar-refractivity contribution in [2.75, 3.05) is 23.7 Å². The third-order valence-corrected chi connectivity index (χ3v) is 7.95. The standard InChI is InChI=1S/C22H24ClN3O5S/c1-13-10-18-19(31-14(2)21(27)25-18)11-20(13)32(29,30)26-9-3-4-15(12-26)22(28)24-17-7-5-16(23)6-8-17/h5-8,10-11,14-15H,3-4,9,12H2,1-2H3,(H,24,28)(H,25,27)/t14-,15+/m0/s1. The molecule has 4 rings (SSSR count). The molecule has 170 valence electrons. The van der Waals surface area contributed by atoms with Gasteiger partial charge in [-0.2, -0.15) is 4.31 Å². The van der Waals surface area contributed by atoms with Gasteiger partial charge in [0.25, 0.3) is 5.91 Å². The molecular formula is C22H24ClN3O5S. The first kappa shape index (κ1) is 22.6. The van der Waals surface area contributed by atoms with Gasteiger partial charge in [0.1, 0.15) is 5.75 Å². The molecule has 0 radical (unpaired) electrons. The predicted molar refractivity (Wildman–Crippen MR) is 121 cm³/mol. The van der Waals surface area contributed by atoms with Gasteiger partial charge in [0, 0.05) is 29.9 Å². The van der Waals surface area contributed by atoms with Crippen molar-refractivity contribution in [1.82, 2.24) is 4.31 Å². The van der Waals surface area contributed by atoms with Gasteiger partial charge in [-0.15, -0.1) is 0 Å². The first-order valence-corrected chi connectivity index (χ1v) is 12.2. The lowest BCUT2D eigenvalue weighted by molar-refractivity contribution is -0.123. The number of rotatable bonds is 4. The lowest BCUT2D eigenvalue weighted by atomic mass is 9.99. The van der Waals surface area contributed by atoms with Crippen LogP contribution in [0.2, 0.25) is 5.02 Å². The van der Waals surface area contributed by atoms with E-state index in [4.69, 9.17) is 16.3 Å². The van der Waals surface area contributed by atoms with Gasteiger partial charge in [0.2, 0.25) is 15.9 Å². The van der Waals surface area contributed by atoms with Crippen LogP contribution in [0.5, 0.6) is 5.75 Å². The van der Waals surface area contributed by atoms with Crippen LogP contribution in [0.3, 0.4) is 0 Å². The smallest absolute Gasteiger partial charge is 0.265 e. The minimum absolute atomic E-state index is 0.0896. The third-order valence-electron chi connectivity index (χ3n) is 5.69. The molecule has 2 atom stereocenters. The third kappa shape index (κ3) is 4.46. The highest BCUT2D eigenvalue weighted by atomic mass is 35.5. The van der Waals surface area contributed by atoms with E-state index >= 15 is 0 Å². The van der Waals surface area contributed by atoms with Crippen LogP contribution in [0, 0.1) is 12.8 Å². The van der Waals surface area contributed by atoms with Gasteiger partial charge in [-0.1, -0.05) is 11.6 Å². The molecule has 2 N–H and O–H groups in total. The monoisotopic (exact) mass is 477 g/mol. The molecule has 0 aliphatic carbocycles. The summed E-state index contributed by atoms with van der Waals surface area (Å²) in [5.74, 6) is -0.662. The zero-order valence-corrected chi connectivity index (χ0v) is 19.3. The summed E-state index contributed by atoms with van der Waals surface area (Å²) >= 11 is 5.88. The number of carbonyl (C=O) groups is 2. The summed E-state index contributed by atoms with van der Waals surface area (Å²) in [4.78, 5) is 24.7. The second-order valence-corrected chi connectivity index (χ2v) is 10.4. The van der Waals surface area contributed by atoms with Gasteiger partial charge in [0.05, 0.1) is 16.5 Å². The Kier molecular flexibility index (Phi) is 6.15. The van der Waals surface area contributed by atoms with Crippen molar-refractivity contribution < 1.29 is 22.7 Å². The summed E-state index contributed by atoms with van der Waals surface area (Å²) in [6, 6.07) is 9.81. The number of aryl methyl sites for hydroxylation is 1. The van der Waals surface area contributed by atoms with Crippen LogP contribution in [0.4, 0.5) is 11.4 Å². The lowest BCUT2D eigenvalue weighted by Crippen LogP contribution is -2.44. The number of sulfonamides is 1. The van der Waals surface area contributed by atoms with Crippen LogP contribution in [0.25, 0.3) is 0 Å². The number of carbonyl (C=O) groups excluding carboxylic acids is 2. The number of hydrogen-bond donors (Lipinski definition) is 2. The molecule has 10 heteroatoms. The van der Waals surface area contributed by atoms with Gasteiger partial charge in [-0.05, 0) is 62.6 Å². The highest BCUT2D eigenvalue weighted by Crippen LogP contribution is 2.36. The molecule has 2 aromatic rings. The fraction of sp³-hybridized carbons (Fsp3) is 0.364. The quantitative estimate of drug-likeness (QED) is 0.702. The maximum Gasteiger partial charge on any atom is 0.265 e. The molecule has 2 aliphatic rings. The predicted octanol–water partition coefficient (Wildman–Crippen LogP) is 3.41. The minimum atomic E-state index is -3.86.